The molecule has 0 aromatic heterocycles. The number of amides is 1. The number of carbonyl (C=O) groups is 2. The van der Waals surface area contributed by atoms with Gasteiger partial charge in [0.15, 0.2) is 6.61 Å². The molecular formula is C31H25BrN2O5. The first-order chi connectivity index (χ1) is 19.0. The fourth-order valence-electron chi connectivity index (χ4n) is 3.31. The summed E-state index contributed by atoms with van der Waals surface area (Å²) in [5.74, 6) is 0.525. The number of hydrogen-bond acceptors (Lipinski definition) is 6. The van der Waals surface area contributed by atoms with Crippen molar-refractivity contribution >= 4 is 40.1 Å². The molecule has 196 valence electrons. The van der Waals surface area contributed by atoms with Crippen molar-refractivity contribution in [3.63, 3.8) is 0 Å². The summed E-state index contributed by atoms with van der Waals surface area (Å²) in [6.07, 6.45) is 4.41. The Morgan fingerprint density at radius 3 is 2.21 bits per heavy atom. The van der Waals surface area contributed by atoms with E-state index in [1.54, 1.807) is 48.5 Å². The average Bonchev–Trinajstić information content (AvgIpc) is 2.97. The van der Waals surface area contributed by atoms with Crippen molar-refractivity contribution in [1.82, 2.24) is 5.43 Å². The number of benzene rings is 4. The minimum Gasteiger partial charge on any atom is -0.489 e. The van der Waals surface area contributed by atoms with E-state index in [-0.39, 0.29) is 6.61 Å². The highest BCUT2D eigenvalue weighted by Gasteiger charge is 2.08. The van der Waals surface area contributed by atoms with Crippen LogP contribution in [0.2, 0.25) is 0 Å². The molecule has 0 atom stereocenters. The zero-order valence-corrected chi connectivity index (χ0v) is 22.4. The summed E-state index contributed by atoms with van der Waals surface area (Å²) >= 11 is 3.39. The lowest BCUT2D eigenvalue weighted by atomic mass is 10.2. The van der Waals surface area contributed by atoms with Gasteiger partial charge in [0, 0.05) is 16.1 Å². The van der Waals surface area contributed by atoms with Gasteiger partial charge in [0.05, 0.1) is 6.21 Å². The third-order valence-electron chi connectivity index (χ3n) is 5.23. The molecule has 0 heterocycles. The number of rotatable bonds is 11. The second-order valence-corrected chi connectivity index (χ2v) is 9.09. The second-order valence-electron chi connectivity index (χ2n) is 8.17. The number of hydrazone groups is 1. The van der Waals surface area contributed by atoms with Crippen LogP contribution in [0.5, 0.6) is 17.2 Å². The minimum absolute atomic E-state index is 0.230. The monoisotopic (exact) mass is 584 g/mol. The predicted octanol–water partition coefficient (Wildman–Crippen LogP) is 6.18. The number of hydrogen-bond donors (Lipinski definition) is 1. The van der Waals surface area contributed by atoms with Crippen molar-refractivity contribution in [2.45, 2.75) is 6.61 Å². The standard InChI is InChI=1S/C31H25BrN2O5/c32-26-12-17-29(39-31(36)18-11-23-7-3-1-4-8-23)25(19-26)20-33-34-30(35)22-38-28-15-13-27(14-16-28)37-21-24-9-5-2-6-10-24/h1-20H,21-22H2,(H,34,35)/b18-11+,33-20+. The van der Waals surface area contributed by atoms with Gasteiger partial charge in [-0.3, -0.25) is 4.79 Å². The summed E-state index contributed by atoms with van der Waals surface area (Å²) in [6, 6.07) is 31.4. The summed E-state index contributed by atoms with van der Waals surface area (Å²) in [5, 5.41) is 3.97. The summed E-state index contributed by atoms with van der Waals surface area (Å²) in [4.78, 5) is 24.5. The van der Waals surface area contributed by atoms with Crippen molar-refractivity contribution < 1.29 is 23.8 Å². The lowest BCUT2D eigenvalue weighted by Gasteiger charge is -2.08. The molecule has 7 nitrogen and oxygen atoms in total. The van der Waals surface area contributed by atoms with Crippen LogP contribution in [0, 0.1) is 0 Å². The molecule has 0 saturated heterocycles. The SMILES string of the molecule is O=C(COc1ccc(OCc2ccccc2)cc1)N/N=C/c1cc(Br)ccc1OC(=O)/C=C/c1ccccc1. The molecule has 0 aliphatic rings. The first-order valence-corrected chi connectivity index (χ1v) is 12.8. The van der Waals surface area contributed by atoms with Gasteiger partial charge in [0.25, 0.3) is 5.91 Å². The molecule has 0 unspecified atom stereocenters. The van der Waals surface area contributed by atoms with Gasteiger partial charge >= 0.3 is 5.97 Å². The fourth-order valence-corrected chi connectivity index (χ4v) is 3.69. The van der Waals surface area contributed by atoms with Gasteiger partial charge in [-0.15, -0.1) is 0 Å². The van der Waals surface area contributed by atoms with E-state index in [0.717, 1.165) is 15.6 Å². The maximum Gasteiger partial charge on any atom is 0.336 e. The van der Waals surface area contributed by atoms with Gasteiger partial charge in [-0.2, -0.15) is 5.10 Å². The minimum atomic E-state index is -0.537. The topological polar surface area (TPSA) is 86.2 Å². The molecule has 0 bridgehead atoms. The van der Waals surface area contributed by atoms with Crippen LogP contribution < -0.4 is 19.6 Å². The summed E-state index contributed by atoms with van der Waals surface area (Å²) < 4.78 is 17.5. The van der Waals surface area contributed by atoms with Gasteiger partial charge in [-0.25, -0.2) is 10.2 Å². The van der Waals surface area contributed by atoms with Gasteiger partial charge in [0.2, 0.25) is 0 Å². The van der Waals surface area contributed by atoms with Crippen LogP contribution in [0.25, 0.3) is 6.08 Å². The van der Waals surface area contributed by atoms with E-state index < -0.39 is 11.9 Å². The van der Waals surface area contributed by atoms with E-state index in [9.17, 15) is 9.59 Å². The van der Waals surface area contributed by atoms with Gasteiger partial charge in [-0.1, -0.05) is 76.6 Å². The zero-order chi connectivity index (χ0) is 27.3. The summed E-state index contributed by atoms with van der Waals surface area (Å²) in [7, 11) is 0. The van der Waals surface area contributed by atoms with E-state index in [2.05, 4.69) is 26.5 Å². The van der Waals surface area contributed by atoms with Crippen LogP contribution >= 0.6 is 15.9 Å². The maximum absolute atomic E-state index is 12.3. The number of ether oxygens (including phenoxy) is 3. The van der Waals surface area contributed by atoms with Crippen molar-refractivity contribution in [2.75, 3.05) is 6.61 Å². The van der Waals surface area contributed by atoms with Crippen LogP contribution in [0.4, 0.5) is 0 Å². The third kappa shape index (κ3) is 9.28. The normalized spacial score (nSPS) is 10.9. The largest absolute Gasteiger partial charge is 0.489 e. The molecule has 0 radical (unpaired) electrons. The van der Waals surface area contributed by atoms with E-state index in [0.29, 0.717) is 29.4 Å². The van der Waals surface area contributed by atoms with Gasteiger partial charge in [-0.05, 0) is 59.7 Å². The number of nitrogens with zero attached hydrogens (tertiary/aromatic N) is 1. The molecule has 4 rings (SSSR count). The van der Waals surface area contributed by atoms with Crippen LogP contribution in [-0.2, 0) is 16.2 Å². The second kappa shape index (κ2) is 14.3. The van der Waals surface area contributed by atoms with E-state index >= 15 is 0 Å². The van der Waals surface area contributed by atoms with Crippen molar-refractivity contribution in [1.29, 1.82) is 0 Å². The molecule has 0 fully saturated rings. The molecule has 4 aromatic rings. The summed E-state index contributed by atoms with van der Waals surface area (Å²) in [6.45, 7) is 0.233. The van der Waals surface area contributed by atoms with Crippen molar-refractivity contribution in [2.24, 2.45) is 5.10 Å². The van der Waals surface area contributed by atoms with E-state index in [1.165, 1.54) is 12.3 Å². The van der Waals surface area contributed by atoms with Crippen molar-refractivity contribution in [3.8, 4) is 17.2 Å². The lowest BCUT2D eigenvalue weighted by Crippen LogP contribution is -2.24. The molecule has 0 aliphatic carbocycles. The Kier molecular flexibility index (Phi) is 10.0. The predicted molar refractivity (Wildman–Crippen MR) is 154 cm³/mol. The highest BCUT2D eigenvalue weighted by Crippen LogP contribution is 2.22. The zero-order valence-electron chi connectivity index (χ0n) is 20.8. The molecule has 0 spiro atoms. The Balaban J connectivity index is 1.25. The van der Waals surface area contributed by atoms with Gasteiger partial charge < -0.3 is 14.2 Å². The summed E-state index contributed by atoms with van der Waals surface area (Å²) in [5.41, 5.74) is 4.86. The fraction of sp³-hybridized carbons (Fsp3) is 0.0645. The Morgan fingerprint density at radius 1 is 0.821 bits per heavy atom. The van der Waals surface area contributed by atoms with Gasteiger partial charge in [0.1, 0.15) is 23.9 Å². The van der Waals surface area contributed by atoms with Crippen molar-refractivity contribution in [3.05, 3.63) is 130 Å². The lowest BCUT2D eigenvalue weighted by molar-refractivity contribution is -0.129. The van der Waals surface area contributed by atoms with Crippen LogP contribution in [-0.4, -0.2) is 24.7 Å². The molecule has 0 saturated carbocycles. The van der Waals surface area contributed by atoms with Crippen LogP contribution in [0.3, 0.4) is 0 Å². The molecule has 4 aromatic carbocycles. The Labute approximate surface area is 234 Å². The number of halogens is 1. The molecule has 1 amide bonds. The first kappa shape index (κ1) is 27.3. The van der Waals surface area contributed by atoms with E-state index in [4.69, 9.17) is 14.2 Å². The number of carbonyl (C=O) groups excluding carboxylic acids is 2. The Bertz CT molecular complexity index is 1440. The third-order valence-corrected chi connectivity index (χ3v) is 5.72. The smallest absolute Gasteiger partial charge is 0.336 e. The molecule has 1 N–H and O–H groups in total. The average molecular weight is 585 g/mol. The van der Waals surface area contributed by atoms with E-state index in [1.807, 2.05) is 60.7 Å². The quantitative estimate of drug-likeness (QED) is 0.0748. The molecule has 0 aliphatic heterocycles. The number of nitrogens with one attached hydrogen (secondary N) is 1. The Morgan fingerprint density at radius 2 is 1.49 bits per heavy atom. The molecule has 39 heavy (non-hydrogen) atoms. The maximum atomic E-state index is 12.3. The highest BCUT2D eigenvalue weighted by molar-refractivity contribution is 9.10. The van der Waals surface area contributed by atoms with Crippen LogP contribution in [0.15, 0.2) is 119 Å². The highest BCUT2D eigenvalue weighted by atomic mass is 79.9. The first-order valence-electron chi connectivity index (χ1n) is 12.0. The molecule has 8 heteroatoms. The number of esters is 1. The van der Waals surface area contributed by atoms with Crippen LogP contribution in [0.1, 0.15) is 16.7 Å². The Hall–Kier alpha value is -4.69. The molecular weight excluding hydrogens is 560 g/mol.